The van der Waals surface area contributed by atoms with Crippen LogP contribution in [0.2, 0.25) is 0 Å². The standard InChI is InChI=1S/C16H19N3O2/c1-2-3-10-19(11-15(17)20)16(21)14-9-8-12-6-4-5-7-13(12)18-14/h4-9H,2-3,10-11H2,1H3,(H2,17,20). The zero-order valence-corrected chi connectivity index (χ0v) is 12.1. The fourth-order valence-electron chi connectivity index (χ4n) is 2.14. The molecule has 0 saturated carbocycles. The van der Waals surface area contributed by atoms with E-state index in [4.69, 9.17) is 5.73 Å². The average molecular weight is 285 g/mol. The number of rotatable bonds is 6. The van der Waals surface area contributed by atoms with E-state index in [2.05, 4.69) is 4.98 Å². The number of hydrogen-bond donors (Lipinski definition) is 1. The minimum absolute atomic E-state index is 0.0761. The Morgan fingerprint density at radius 3 is 2.67 bits per heavy atom. The van der Waals surface area contributed by atoms with Crippen molar-refractivity contribution in [2.45, 2.75) is 19.8 Å². The van der Waals surface area contributed by atoms with Crippen molar-refractivity contribution < 1.29 is 9.59 Å². The third-order valence-corrected chi connectivity index (χ3v) is 3.23. The number of benzene rings is 1. The molecule has 1 aromatic carbocycles. The molecule has 0 atom stereocenters. The zero-order chi connectivity index (χ0) is 15.2. The summed E-state index contributed by atoms with van der Waals surface area (Å²) >= 11 is 0. The van der Waals surface area contributed by atoms with Gasteiger partial charge in [-0.2, -0.15) is 0 Å². The van der Waals surface area contributed by atoms with E-state index in [0.717, 1.165) is 23.7 Å². The number of carbonyl (C=O) groups excluding carboxylic acids is 2. The van der Waals surface area contributed by atoms with E-state index < -0.39 is 5.91 Å². The Bertz CT molecular complexity index is 655. The molecule has 2 N–H and O–H groups in total. The summed E-state index contributed by atoms with van der Waals surface area (Å²) in [6.45, 7) is 2.46. The third kappa shape index (κ3) is 3.78. The SMILES string of the molecule is CCCCN(CC(N)=O)C(=O)c1ccc2ccccc2n1. The van der Waals surface area contributed by atoms with E-state index in [9.17, 15) is 9.59 Å². The molecule has 0 saturated heterocycles. The molecule has 0 aliphatic heterocycles. The number of nitrogens with zero attached hydrogens (tertiary/aromatic N) is 2. The lowest BCUT2D eigenvalue weighted by Crippen LogP contribution is -2.39. The van der Waals surface area contributed by atoms with Gasteiger partial charge in [0.2, 0.25) is 5.91 Å². The van der Waals surface area contributed by atoms with Gasteiger partial charge in [-0.15, -0.1) is 0 Å². The average Bonchev–Trinajstić information content (AvgIpc) is 2.50. The summed E-state index contributed by atoms with van der Waals surface area (Å²) in [6.07, 6.45) is 1.76. The number of fused-ring (bicyclic) bond motifs is 1. The molecule has 2 aromatic rings. The Kier molecular flexibility index (Phi) is 4.87. The molecule has 21 heavy (non-hydrogen) atoms. The van der Waals surface area contributed by atoms with E-state index in [1.807, 2.05) is 37.3 Å². The van der Waals surface area contributed by atoms with Gasteiger partial charge in [-0.1, -0.05) is 37.6 Å². The normalized spacial score (nSPS) is 10.5. The number of pyridine rings is 1. The van der Waals surface area contributed by atoms with E-state index in [1.165, 1.54) is 4.90 Å². The first-order valence-electron chi connectivity index (χ1n) is 7.05. The number of carbonyl (C=O) groups is 2. The van der Waals surface area contributed by atoms with Crippen LogP contribution in [0.4, 0.5) is 0 Å². The van der Waals surface area contributed by atoms with Crippen molar-refractivity contribution in [3.8, 4) is 0 Å². The Hall–Kier alpha value is -2.43. The van der Waals surface area contributed by atoms with Crippen molar-refractivity contribution in [3.63, 3.8) is 0 Å². The quantitative estimate of drug-likeness (QED) is 0.881. The van der Waals surface area contributed by atoms with Crippen molar-refractivity contribution >= 4 is 22.7 Å². The topological polar surface area (TPSA) is 76.3 Å². The van der Waals surface area contributed by atoms with Crippen LogP contribution in [0.15, 0.2) is 36.4 Å². The maximum atomic E-state index is 12.5. The lowest BCUT2D eigenvalue weighted by atomic mass is 10.2. The third-order valence-electron chi connectivity index (χ3n) is 3.23. The van der Waals surface area contributed by atoms with E-state index in [-0.39, 0.29) is 12.5 Å². The molecule has 0 aliphatic rings. The summed E-state index contributed by atoms with van der Waals surface area (Å²) in [5.41, 5.74) is 6.32. The highest BCUT2D eigenvalue weighted by Gasteiger charge is 2.18. The molecule has 0 radical (unpaired) electrons. The van der Waals surface area contributed by atoms with Gasteiger partial charge in [0.05, 0.1) is 12.1 Å². The molecule has 1 aromatic heterocycles. The van der Waals surface area contributed by atoms with Crippen LogP contribution in [0.25, 0.3) is 10.9 Å². The number of aromatic nitrogens is 1. The Morgan fingerprint density at radius 1 is 1.19 bits per heavy atom. The molecule has 110 valence electrons. The van der Waals surface area contributed by atoms with Gasteiger partial charge in [-0.25, -0.2) is 4.98 Å². The van der Waals surface area contributed by atoms with Gasteiger partial charge in [0, 0.05) is 11.9 Å². The van der Waals surface area contributed by atoms with Gasteiger partial charge in [-0.05, 0) is 18.6 Å². The molecule has 5 nitrogen and oxygen atoms in total. The van der Waals surface area contributed by atoms with Crippen LogP contribution in [0.5, 0.6) is 0 Å². The van der Waals surface area contributed by atoms with Crippen LogP contribution in [0.3, 0.4) is 0 Å². The molecule has 0 unspecified atom stereocenters. The number of amides is 2. The molecular formula is C16H19N3O2. The fraction of sp³-hybridized carbons (Fsp3) is 0.312. The van der Waals surface area contributed by atoms with Crippen LogP contribution in [-0.4, -0.2) is 34.8 Å². The second kappa shape index (κ2) is 6.83. The Balaban J connectivity index is 2.26. The molecular weight excluding hydrogens is 266 g/mol. The molecule has 0 aliphatic carbocycles. The van der Waals surface area contributed by atoms with Crippen molar-refractivity contribution in [2.24, 2.45) is 5.73 Å². The van der Waals surface area contributed by atoms with Gasteiger partial charge in [0.25, 0.3) is 5.91 Å². The maximum Gasteiger partial charge on any atom is 0.272 e. The highest BCUT2D eigenvalue weighted by molar-refractivity contribution is 5.96. The molecule has 0 bridgehead atoms. The van der Waals surface area contributed by atoms with Crippen molar-refractivity contribution in [2.75, 3.05) is 13.1 Å². The number of primary amides is 1. The molecule has 2 amide bonds. The number of unbranched alkanes of at least 4 members (excludes halogenated alkanes) is 1. The van der Waals surface area contributed by atoms with Gasteiger partial charge in [0.15, 0.2) is 0 Å². The van der Waals surface area contributed by atoms with E-state index >= 15 is 0 Å². The minimum atomic E-state index is -0.514. The maximum absolute atomic E-state index is 12.5. The second-order valence-electron chi connectivity index (χ2n) is 4.94. The second-order valence-corrected chi connectivity index (χ2v) is 4.94. The Labute approximate surface area is 123 Å². The summed E-state index contributed by atoms with van der Waals surface area (Å²) in [5.74, 6) is -0.770. The van der Waals surface area contributed by atoms with Gasteiger partial charge < -0.3 is 10.6 Å². The van der Waals surface area contributed by atoms with Crippen molar-refractivity contribution in [1.29, 1.82) is 0 Å². The van der Waals surface area contributed by atoms with E-state index in [1.54, 1.807) is 6.07 Å². The number of nitrogens with two attached hydrogens (primary N) is 1. The first-order chi connectivity index (χ1) is 10.1. The van der Waals surface area contributed by atoms with E-state index in [0.29, 0.717) is 12.2 Å². The molecule has 0 spiro atoms. The summed E-state index contributed by atoms with van der Waals surface area (Å²) in [4.78, 5) is 29.4. The highest BCUT2D eigenvalue weighted by atomic mass is 16.2. The first kappa shape index (κ1) is 15.0. The number of hydrogen-bond acceptors (Lipinski definition) is 3. The van der Waals surface area contributed by atoms with Crippen LogP contribution in [-0.2, 0) is 4.79 Å². The monoisotopic (exact) mass is 285 g/mol. The van der Waals surface area contributed by atoms with Gasteiger partial charge in [0.1, 0.15) is 5.69 Å². The molecule has 0 fully saturated rings. The fourth-order valence-corrected chi connectivity index (χ4v) is 2.14. The predicted octanol–water partition coefficient (Wildman–Crippen LogP) is 1.96. The van der Waals surface area contributed by atoms with Crippen LogP contribution >= 0.6 is 0 Å². The van der Waals surface area contributed by atoms with Gasteiger partial charge in [-0.3, -0.25) is 9.59 Å². The lowest BCUT2D eigenvalue weighted by molar-refractivity contribution is -0.118. The molecule has 2 rings (SSSR count). The Morgan fingerprint density at radius 2 is 1.95 bits per heavy atom. The largest absolute Gasteiger partial charge is 0.368 e. The summed E-state index contributed by atoms with van der Waals surface area (Å²) < 4.78 is 0. The van der Waals surface area contributed by atoms with Crippen LogP contribution in [0.1, 0.15) is 30.3 Å². The zero-order valence-electron chi connectivity index (χ0n) is 12.1. The predicted molar refractivity (Wildman–Crippen MR) is 81.7 cm³/mol. The summed E-state index contributed by atoms with van der Waals surface area (Å²) in [5, 5.41) is 0.976. The summed E-state index contributed by atoms with van der Waals surface area (Å²) in [6, 6.07) is 11.1. The van der Waals surface area contributed by atoms with Crippen molar-refractivity contribution in [1.82, 2.24) is 9.88 Å². The van der Waals surface area contributed by atoms with Gasteiger partial charge >= 0.3 is 0 Å². The summed E-state index contributed by atoms with van der Waals surface area (Å²) in [7, 11) is 0. The van der Waals surface area contributed by atoms with Crippen LogP contribution in [0, 0.1) is 0 Å². The molecule has 5 heteroatoms. The highest BCUT2D eigenvalue weighted by Crippen LogP contribution is 2.13. The van der Waals surface area contributed by atoms with Crippen LogP contribution < -0.4 is 5.73 Å². The molecule has 1 heterocycles. The van der Waals surface area contributed by atoms with Crippen molar-refractivity contribution in [3.05, 3.63) is 42.1 Å². The number of para-hydroxylation sites is 1. The minimum Gasteiger partial charge on any atom is -0.368 e. The first-order valence-corrected chi connectivity index (χ1v) is 7.05. The smallest absolute Gasteiger partial charge is 0.272 e. The lowest BCUT2D eigenvalue weighted by Gasteiger charge is -2.20.